The van der Waals surface area contributed by atoms with Gasteiger partial charge in [0, 0.05) is 36.9 Å². The maximum Gasteiger partial charge on any atom is 0.490 e. The molecule has 0 spiro atoms. The van der Waals surface area contributed by atoms with Gasteiger partial charge in [0.25, 0.3) is 0 Å². The van der Waals surface area contributed by atoms with Gasteiger partial charge in [-0.15, -0.1) is 11.3 Å². The van der Waals surface area contributed by atoms with Gasteiger partial charge in [0.05, 0.1) is 36.1 Å². The molecular weight excluding hydrogens is 548 g/mol. The fourth-order valence-electron chi connectivity index (χ4n) is 3.75. The highest BCUT2D eigenvalue weighted by Crippen LogP contribution is 2.33. The van der Waals surface area contributed by atoms with E-state index in [1.807, 2.05) is 12.3 Å². The molecule has 212 valence electrons. The summed E-state index contributed by atoms with van der Waals surface area (Å²) in [7, 11) is 0. The summed E-state index contributed by atoms with van der Waals surface area (Å²) >= 11 is 1.72. The molecule has 2 aliphatic rings. The lowest BCUT2D eigenvalue weighted by atomic mass is 10.1. The van der Waals surface area contributed by atoms with Crippen LogP contribution >= 0.6 is 11.3 Å². The van der Waals surface area contributed by atoms with Crippen molar-refractivity contribution in [2.24, 2.45) is 0 Å². The van der Waals surface area contributed by atoms with Crippen molar-refractivity contribution >= 4 is 23.3 Å². The average molecular weight is 574 g/mol. The van der Waals surface area contributed by atoms with E-state index in [4.69, 9.17) is 29.3 Å². The van der Waals surface area contributed by atoms with Crippen molar-refractivity contribution in [3.63, 3.8) is 0 Å². The number of fused-ring (bicyclic) bond motifs is 2. The SMILES string of the molecule is Cc1nc(CN2CCOC3CCC2C3OCc2cccnc2)cs1.O=C(O)C(F)(F)F.O=C(O)C(F)(F)F. The van der Waals surface area contributed by atoms with Crippen molar-refractivity contribution < 1.29 is 55.6 Å². The van der Waals surface area contributed by atoms with Crippen molar-refractivity contribution in [3.8, 4) is 0 Å². The van der Waals surface area contributed by atoms with E-state index < -0.39 is 24.3 Å². The number of alkyl halides is 6. The molecule has 3 heterocycles. The number of ether oxygens (including phenoxy) is 2. The van der Waals surface area contributed by atoms with E-state index in [9.17, 15) is 26.3 Å². The van der Waals surface area contributed by atoms with Crippen molar-refractivity contribution in [1.82, 2.24) is 14.9 Å². The number of halogens is 6. The van der Waals surface area contributed by atoms with Crippen LogP contribution in [0.3, 0.4) is 0 Å². The Bertz CT molecular complexity index is 1010. The van der Waals surface area contributed by atoms with Gasteiger partial charge in [0.15, 0.2) is 0 Å². The van der Waals surface area contributed by atoms with Crippen LogP contribution < -0.4 is 0 Å². The van der Waals surface area contributed by atoms with Crippen molar-refractivity contribution in [2.75, 3.05) is 13.2 Å². The molecule has 1 aliphatic heterocycles. The van der Waals surface area contributed by atoms with Crippen LogP contribution in [0.1, 0.15) is 29.1 Å². The summed E-state index contributed by atoms with van der Waals surface area (Å²) in [5.74, 6) is -5.51. The van der Waals surface area contributed by atoms with Crippen LogP contribution in [-0.2, 0) is 32.2 Å². The molecule has 16 heteroatoms. The number of aliphatic carboxylic acids is 2. The number of carboxylic acids is 2. The minimum Gasteiger partial charge on any atom is -0.475 e. The van der Waals surface area contributed by atoms with Crippen LogP contribution in [-0.4, -0.2) is 80.8 Å². The van der Waals surface area contributed by atoms with E-state index in [-0.39, 0.29) is 12.2 Å². The highest BCUT2D eigenvalue weighted by Gasteiger charge is 2.43. The number of hydrogen-bond acceptors (Lipinski definition) is 8. The molecule has 2 N–H and O–H groups in total. The Labute approximate surface area is 217 Å². The number of pyridine rings is 1. The fraction of sp³-hybridized carbons (Fsp3) is 0.545. The van der Waals surface area contributed by atoms with Crippen molar-refractivity contribution in [3.05, 3.63) is 46.2 Å². The zero-order valence-corrected chi connectivity index (χ0v) is 20.7. The molecule has 0 amide bonds. The van der Waals surface area contributed by atoms with Gasteiger partial charge in [0.2, 0.25) is 0 Å². The third kappa shape index (κ3) is 10.2. The monoisotopic (exact) mass is 573 g/mol. The Hall–Kier alpha value is -2.82. The summed E-state index contributed by atoms with van der Waals surface area (Å²) in [5, 5.41) is 17.5. The van der Waals surface area contributed by atoms with Crippen LogP contribution in [0.4, 0.5) is 26.3 Å². The third-order valence-electron chi connectivity index (χ3n) is 5.35. The number of nitrogens with zero attached hydrogens (tertiary/aromatic N) is 3. The molecule has 2 bridgehead atoms. The van der Waals surface area contributed by atoms with Crippen LogP contribution in [0.15, 0.2) is 29.9 Å². The second-order valence-electron chi connectivity index (χ2n) is 8.12. The van der Waals surface area contributed by atoms with Crippen LogP contribution in [0.25, 0.3) is 0 Å². The van der Waals surface area contributed by atoms with Crippen LogP contribution in [0, 0.1) is 6.92 Å². The lowest BCUT2D eigenvalue weighted by Gasteiger charge is -2.30. The van der Waals surface area contributed by atoms with E-state index in [0.717, 1.165) is 48.8 Å². The predicted molar refractivity (Wildman–Crippen MR) is 120 cm³/mol. The zero-order valence-electron chi connectivity index (χ0n) is 19.9. The number of aromatic nitrogens is 2. The quantitative estimate of drug-likeness (QED) is 0.510. The largest absolute Gasteiger partial charge is 0.490 e. The minimum atomic E-state index is -5.08. The smallest absolute Gasteiger partial charge is 0.475 e. The molecule has 1 saturated heterocycles. The average Bonchev–Trinajstić information content (AvgIpc) is 3.37. The number of carboxylic acid groups (broad SMARTS) is 2. The van der Waals surface area contributed by atoms with E-state index in [1.165, 1.54) is 0 Å². The van der Waals surface area contributed by atoms with Crippen molar-refractivity contribution in [1.29, 1.82) is 0 Å². The van der Waals surface area contributed by atoms with E-state index in [1.54, 1.807) is 17.5 Å². The number of carbonyl (C=O) groups is 2. The molecule has 1 aliphatic carbocycles. The molecule has 3 unspecified atom stereocenters. The van der Waals surface area contributed by atoms with Gasteiger partial charge >= 0.3 is 24.3 Å². The summed E-state index contributed by atoms with van der Waals surface area (Å²) in [6.45, 7) is 5.27. The van der Waals surface area contributed by atoms with Crippen molar-refractivity contribution in [2.45, 2.75) is 63.5 Å². The highest BCUT2D eigenvalue weighted by molar-refractivity contribution is 7.09. The molecule has 1 saturated carbocycles. The number of aryl methyl sites for hydroxylation is 1. The standard InChI is InChI=1S/C18H23N3O2S.2C2HF3O2/c1-13-20-15(12-24-13)10-21-7-8-22-17-5-4-16(21)18(17)23-11-14-3-2-6-19-9-14;2*3-2(4,5)1(6)7/h2-3,6,9,12,16-18H,4-5,7-8,10-11H2,1H3;2*(H,6,7). The zero-order chi connectivity index (χ0) is 28.5. The molecule has 38 heavy (non-hydrogen) atoms. The van der Waals surface area contributed by atoms with E-state index in [2.05, 4.69) is 33.2 Å². The molecular formula is C22H25F6N3O6S. The summed E-state index contributed by atoms with van der Waals surface area (Å²) < 4.78 is 75.8. The predicted octanol–water partition coefficient (Wildman–Crippen LogP) is 4.06. The maximum absolute atomic E-state index is 10.6. The van der Waals surface area contributed by atoms with Gasteiger partial charge in [-0.3, -0.25) is 9.88 Å². The summed E-state index contributed by atoms with van der Waals surface area (Å²) in [4.78, 5) is 29.1. The summed E-state index contributed by atoms with van der Waals surface area (Å²) in [6, 6.07) is 4.42. The Balaban J connectivity index is 0.000000301. The first-order valence-electron chi connectivity index (χ1n) is 11.1. The molecule has 2 fully saturated rings. The maximum atomic E-state index is 10.6. The Morgan fingerprint density at radius 3 is 2.29 bits per heavy atom. The lowest BCUT2D eigenvalue weighted by molar-refractivity contribution is -0.193. The second kappa shape index (κ2) is 13.8. The summed E-state index contributed by atoms with van der Waals surface area (Å²) in [5.41, 5.74) is 2.27. The molecule has 0 radical (unpaired) electrons. The topological polar surface area (TPSA) is 122 Å². The first-order chi connectivity index (χ1) is 17.7. The second-order valence-corrected chi connectivity index (χ2v) is 9.19. The molecule has 3 atom stereocenters. The van der Waals surface area contributed by atoms with E-state index in [0.29, 0.717) is 12.6 Å². The Morgan fingerprint density at radius 2 is 1.79 bits per heavy atom. The third-order valence-corrected chi connectivity index (χ3v) is 6.18. The molecule has 9 nitrogen and oxygen atoms in total. The number of hydrogen-bond donors (Lipinski definition) is 2. The molecule has 2 aromatic rings. The van der Waals surface area contributed by atoms with Gasteiger partial charge in [0.1, 0.15) is 0 Å². The van der Waals surface area contributed by atoms with Gasteiger partial charge in [-0.1, -0.05) is 6.07 Å². The number of thiazole rings is 1. The highest BCUT2D eigenvalue weighted by atomic mass is 32.1. The fourth-order valence-corrected chi connectivity index (χ4v) is 4.35. The molecule has 0 aromatic carbocycles. The summed E-state index contributed by atoms with van der Waals surface area (Å²) in [6.07, 6.45) is -3.95. The first kappa shape index (κ1) is 31.4. The Morgan fingerprint density at radius 1 is 1.16 bits per heavy atom. The normalized spacial score (nSPS) is 21.4. The van der Waals surface area contributed by atoms with Gasteiger partial charge in [-0.05, 0) is 31.4 Å². The minimum absolute atomic E-state index is 0.132. The molecule has 4 rings (SSSR count). The van der Waals surface area contributed by atoms with Gasteiger partial charge in [-0.25, -0.2) is 14.6 Å². The first-order valence-corrected chi connectivity index (χ1v) is 11.9. The van der Waals surface area contributed by atoms with E-state index >= 15 is 0 Å². The molecule has 2 aromatic heterocycles. The van der Waals surface area contributed by atoms with Crippen LogP contribution in [0.5, 0.6) is 0 Å². The van der Waals surface area contributed by atoms with Gasteiger partial charge < -0.3 is 19.7 Å². The lowest BCUT2D eigenvalue weighted by Crippen LogP contribution is -2.42. The number of rotatable bonds is 5. The van der Waals surface area contributed by atoms with Crippen LogP contribution in [0.2, 0.25) is 0 Å². The van der Waals surface area contributed by atoms with Gasteiger partial charge in [-0.2, -0.15) is 26.3 Å². The Kier molecular flexibility index (Phi) is 11.4.